The van der Waals surface area contributed by atoms with Gasteiger partial charge in [-0.2, -0.15) is 0 Å². The van der Waals surface area contributed by atoms with Gasteiger partial charge in [-0.05, 0) is 12.8 Å². The first-order chi connectivity index (χ1) is 10.3. The molecule has 1 aliphatic rings. The third-order valence-corrected chi connectivity index (χ3v) is 4.08. The zero-order valence-electron chi connectivity index (χ0n) is 13.9. The van der Waals surface area contributed by atoms with Crippen LogP contribution in [-0.2, 0) is 9.53 Å². The maximum Gasteiger partial charge on any atom is 0.305 e. The lowest BCUT2D eigenvalue weighted by atomic mass is 10.1. The molecule has 0 bridgehead atoms. The van der Waals surface area contributed by atoms with Gasteiger partial charge in [0.25, 0.3) is 0 Å². The van der Waals surface area contributed by atoms with E-state index in [0.717, 1.165) is 45.6 Å². The lowest BCUT2D eigenvalue weighted by molar-refractivity contribution is -0.144. The van der Waals surface area contributed by atoms with Crippen LogP contribution in [-0.4, -0.2) is 50.2 Å². The monoisotopic (exact) mass is 298 g/mol. The van der Waals surface area contributed by atoms with Crippen LogP contribution in [0.15, 0.2) is 0 Å². The van der Waals surface area contributed by atoms with E-state index in [2.05, 4.69) is 17.1 Å². The Morgan fingerprint density at radius 2 is 1.67 bits per heavy atom. The molecule has 21 heavy (non-hydrogen) atoms. The van der Waals surface area contributed by atoms with Crippen molar-refractivity contribution in [2.24, 2.45) is 0 Å². The number of hydrogen-bond acceptors (Lipinski definition) is 4. The molecule has 0 aromatic heterocycles. The quantitative estimate of drug-likeness (QED) is 0.444. The molecule has 1 heterocycles. The molecule has 0 unspecified atom stereocenters. The van der Waals surface area contributed by atoms with Crippen molar-refractivity contribution in [3.8, 4) is 0 Å². The Morgan fingerprint density at radius 3 is 2.38 bits per heavy atom. The van der Waals surface area contributed by atoms with Crippen molar-refractivity contribution in [1.82, 2.24) is 10.2 Å². The molecule has 1 aliphatic heterocycles. The van der Waals surface area contributed by atoms with Crippen molar-refractivity contribution in [3.63, 3.8) is 0 Å². The fourth-order valence-electron chi connectivity index (χ4n) is 2.71. The van der Waals surface area contributed by atoms with E-state index in [4.69, 9.17) is 4.74 Å². The first-order valence-corrected chi connectivity index (χ1v) is 8.91. The van der Waals surface area contributed by atoms with E-state index >= 15 is 0 Å². The van der Waals surface area contributed by atoms with Crippen LogP contribution in [0.2, 0.25) is 0 Å². The number of carbonyl (C=O) groups is 1. The van der Waals surface area contributed by atoms with Gasteiger partial charge in [-0.25, -0.2) is 0 Å². The smallest absolute Gasteiger partial charge is 0.305 e. The summed E-state index contributed by atoms with van der Waals surface area (Å²) < 4.78 is 5.30. The minimum absolute atomic E-state index is 0.0103. The molecule has 0 amide bonds. The van der Waals surface area contributed by atoms with E-state index in [1.807, 2.05) is 0 Å². The van der Waals surface area contributed by atoms with Crippen LogP contribution in [0.3, 0.4) is 0 Å². The Balaban J connectivity index is 1.82. The van der Waals surface area contributed by atoms with Crippen molar-refractivity contribution in [1.29, 1.82) is 0 Å². The van der Waals surface area contributed by atoms with Gasteiger partial charge >= 0.3 is 5.97 Å². The zero-order valence-corrected chi connectivity index (χ0v) is 13.9. The van der Waals surface area contributed by atoms with Crippen molar-refractivity contribution >= 4 is 5.97 Å². The van der Waals surface area contributed by atoms with Gasteiger partial charge in [0.2, 0.25) is 0 Å². The normalized spacial score (nSPS) is 16.0. The number of esters is 1. The van der Waals surface area contributed by atoms with Crippen LogP contribution in [0.5, 0.6) is 0 Å². The molecule has 0 radical (unpaired) electrons. The van der Waals surface area contributed by atoms with Gasteiger partial charge in [0.1, 0.15) is 0 Å². The van der Waals surface area contributed by atoms with Crippen molar-refractivity contribution < 1.29 is 9.53 Å². The van der Waals surface area contributed by atoms with E-state index < -0.39 is 0 Å². The third-order valence-electron chi connectivity index (χ3n) is 4.08. The van der Waals surface area contributed by atoms with Crippen LogP contribution in [0.1, 0.15) is 64.7 Å². The number of nitrogens with one attached hydrogen (secondary N) is 1. The number of carbonyl (C=O) groups excluding carboxylic acids is 1. The summed E-state index contributed by atoms with van der Waals surface area (Å²) in [6.45, 7) is 8.26. The van der Waals surface area contributed by atoms with Crippen LogP contribution in [0.4, 0.5) is 0 Å². The molecule has 1 saturated heterocycles. The highest BCUT2D eigenvalue weighted by atomic mass is 16.5. The van der Waals surface area contributed by atoms with E-state index in [1.54, 1.807) is 0 Å². The van der Waals surface area contributed by atoms with E-state index in [9.17, 15) is 4.79 Å². The maximum atomic E-state index is 11.6. The first kappa shape index (κ1) is 18.4. The van der Waals surface area contributed by atoms with Crippen molar-refractivity contribution in [2.45, 2.75) is 64.7 Å². The van der Waals surface area contributed by atoms with Gasteiger partial charge in [-0.1, -0.05) is 45.4 Å². The SMILES string of the molecule is CCCCCCCCCC(=O)OCCCN1CCNCC1. The molecule has 0 aliphatic carbocycles. The van der Waals surface area contributed by atoms with E-state index in [0.29, 0.717) is 13.0 Å². The summed E-state index contributed by atoms with van der Waals surface area (Å²) in [5.74, 6) is -0.0103. The fraction of sp³-hybridized carbons (Fsp3) is 0.941. The zero-order chi connectivity index (χ0) is 15.2. The standard InChI is InChI=1S/C17H34N2O2/c1-2-3-4-5-6-7-8-10-17(20)21-16-9-13-19-14-11-18-12-15-19/h18H,2-16H2,1H3. The second-order valence-corrected chi connectivity index (χ2v) is 6.04. The summed E-state index contributed by atoms with van der Waals surface area (Å²) in [7, 11) is 0. The Kier molecular flexibility index (Phi) is 11.5. The molecule has 1 N–H and O–H groups in total. The molecule has 0 spiro atoms. The topological polar surface area (TPSA) is 41.6 Å². The number of unbranched alkanes of at least 4 members (excludes halogenated alkanes) is 6. The van der Waals surface area contributed by atoms with Crippen molar-refractivity contribution in [3.05, 3.63) is 0 Å². The molecule has 4 nitrogen and oxygen atoms in total. The van der Waals surface area contributed by atoms with Gasteiger partial charge in [-0.3, -0.25) is 4.79 Å². The Labute approximate surface area is 130 Å². The van der Waals surface area contributed by atoms with Crippen LogP contribution in [0.25, 0.3) is 0 Å². The maximum absolute atomic E-state index is 11.6. The Hall–Kier alpha value is -0.610. The summed E-state index contributed by atoms with van der Waals surface area (Å²) in [5, 5.41) is 3.34. The predicted octanol–water partition coefficient (Wildman–Crippen LogP) is 2.97. The average Bonchev–Trinajstić information content (AvgIpc) is 2.52. The average molecular weight is 298 g/mol. The molecular formula is C17H34N2O2. The van der Waals surface area contributed by atoms with Gasteiger partial charge in [0.05, 0.1) is 6.61 Å². The summed E-state index contributed by atoms with van der Waals surface area (Å²) in [4.78, 5) is 14.0. The first-order valence-electron chi connectivity index (χ1n) is 8.91. The number of rotatable bonds is 12. The minimum Gasteiger partial charge on any atom is -0.466 e. The molecule has 0 aromatic rings. The minimum atomic E-state index is -0.0103. The molecule has 0 aromatic carbocycles. The lowest BCUT2D eigenvalue weighted by Gasteiger charge is -2.26. The van der Waals surface area contributed by atoms with Gasteiger partial charge in [0.15, 0.2) is 0 Å². The summed E-state index contributed by atoms with van der Waals surface area (Å²) in [5.41, 5.74) is 0. The highest BCUT2D eigenvalue weighted by Crippen LogP contribution is 2.08. The highest BCUT2D eigenvalue weighted by molar-refractivity contribution is 5.69. The molecule has 1 rings (SSSR count). The van der Waals surface area contributed by atoms with Gasteiger partial charge in [-0.15, -0.1) is 0 Å². The highest BCUT2D eigenvalue weighted by Gasteiger charge is 2.09. The second-order valence-electron chi connectivity index (χ2n) is 6.04. The number of piperazine rings is 1. The lowest BCUT2D eigenvalue weighted by Crippen LogP contribution is -2.43. The largest absolute Gasteiger partial charge is 0.466 e. The molecule has 4 heteroatoms. The van der Waals surface area contributed by atoms with Gasteiger partial charge in [0, 0.05) is 39.1 Å². The predicted molar refractivity (Wildman–Crippen MR) is 87.5 cm³/mol. The fourth-order valence-corrected chi connectivity index (χ4v) is 2.71. The van der Waals surface area contributed by atoms with E-state index in [1.165, 1.54) is 38.5 Å². The Morgan fingerprint density at radius 1 is 1.00 bits per heavy atom. The van der Waals surface area contributed by atoms with Gasteiger partial charge < -0.3 is 15.0 Å². The summed E-state index contributed by atoms with van der Waals surface area (Å²) >= 11 is 0. The number of ether oxygens (including phenoxy) is 1. The number of hydrogen-bond donors (Lipinski definition) is 1. The molecule has 0 atom stereocenters. The number of nitrogens with zero attached hydrogens (tertiary/aromatic N) is 1. The van der Waals surface area contributed by atoms with E-state index in [-0.39, 0.29) is 5.97 Å². The summed E-state index contributed by atoms with van der Waals surface area (Å²) in [6, 6.07) is 0. The second kappa shape index (κ2) is 13.1. The van der Waals surface area contributed by atoms with Crippen LogP contribution < -0.4 is 5.32 Å². The molecule has 0 saturated carbocycles. The Bertz CT molecular complexity index is 253. The molecule has 124 valence electrons. The van der Waals surface area contributed by atoms with Crippen molar-refractivity contribution in [2.75, 3.05) is 39.3 Å². The summed E-state index contributed by atoms with van der Waals surface area (Å²) in [6.07, 6.45) is 10.3. The molecule has 1 fully saturated rings. The third kappa shape index (κ3) is 10.7. The molecular weight excluding hydrogens is 264 g/mol. The van der Waals surface area contributed by atoms with Crippen LogP contribution in [0, 0.1) is 0 Å². The van der Waals surface area contributed by atoms with Crippen LogP contribution >= 0.6 is 0 Å².